The van der Waals surface area contributed by atoms with E-state index in [4.69, 9.17) is 4.84 Å². The quantitative estimate of drug-likeness (QED) is 0.796. The molecule has 4 heteroatoms. The van der Waals surface area contributed by atoms with Gasteiger partial charge in [0.2, 0.25) is 0 Å². The van der Waals surface area contributed by atoms with E-state index in [1.807, 2.05) is 18.2 Å². The SMILES string of the molecule is Sc1ccccc1C1=NOC2(C1)CN1CCC2CC1. The Labute approximate surface area is 119 Å². The molecule has 1 atom stereocenters. The van der Waals surface area contributed by atoms with Crippen molar-refractivity contribution >= 4 is 18.3 Å². The highest BCUT2D eigenvalue weighted by molar-refractivity contribution is 7.80. The molecule has 0 saturated carbocycles. The number of nitrogens with zero attached hydrogens (tertiary/aromatic N) is 2. The Bertz CT molecular complexity index is 537. The molecule has 4 aliphatic heterocycles. The zero-order chi connectivity index (χ0) is 12.9. The Hall–Kier alpha value is -1.00. The van der Waals surface area contributed by atoms with Gasteiger partial charge in [-0.2, -0.15) is 0 Å². The molecule has 0 radical (unpaired) electrons. The fraction of sp³-hybridized carbons (Fsp3) is 0.533. The fourth-order valence-corrected chi connectivity index (χ4v) is 4.07. The van der Waals surface area contributed by atoms with Crippen molar-refractivity contribution in [3.05, 3.63) is 29.8 Å². The number of piperidine rings is 3. The maximum Gasteiger partial charge on any atom is 0.158 e. The van der Waals surface area contributed by atoms with Crippen LogP contribution in [0.1, 0.15) is 24.8 Å². The molecule has 1 unspecified atom stereocenters. The van der Waals surface area contributed by atoms with Crippen LogP contribution in [0.5, 0.6) is 0 Å². The lowest BCUT2D eigenvalue weighted by Gasteiger charge is -2.49. The predicted molar refractivity (Wildman–Crippen MR) is 77.8 cm³/mol. The Balaban J connectivity index is 1.61. The van der Waals surface area contributed by atoms with Crippen LogP contribution in [0, 0.1) is 5.92 Å². The summed E-state index contributed by atoms with van der Waals surface area (Å²) >= 11 is 4.53. The van der Waals surface area contributed by atoms with Crippen molar-refractivity contribution in [1.29, 1.82) is 0 Å². The lowest BCUT2D eigenvalue weighted by Crippen LogP contribution is -2.59. The molecule has 1 aromatic carbocycles. The Morgan fingerprint density at radius 1 is 1.26 bits per heavy atom. The Morgan fingerprint density at radius 3 is 2.74 bits per heavy atom. The number of benzene rings is 1. The molecule has 3 fully saturated rings. The minimum atomic E-state index is -0.0537. The molecule has 1 aromatic rings. The van der Waals surface area contributed by atoms with Gasteiger partial charge in [-0.05, 0) is 32.0 Å². The van der Waals surface area contributed by atoms with Crippen LogP contribution in [-0.2, 0) is 4.84 Å². The molecule has 0 N–H and O–H groups in total. The van der Waals surface area contributed by atoms with Crippen LogP contribution in [0.3, 0.4) is 0 Å². The van der Waals surface area contributed by atoms with Gasteiger partial charge < -0.3 is 4.84 Å². The van der Waals surface area contributed by atoms with Gasteiger partial charge in [0.25, 0.3) is 0 Å². The fourth-order valence-electron chi connectivity index (χ4n) is 3.78. The van der Waals surface area contributed by atoms with Crippen molar-refractivity contribution in [2.75, 3.05) is 19.6 Å². The third-order valence-electron chi connectivity index (χ3n) is 4.84. The summed E-state index contributed by atoms with van der Waals surface area (Å²) < 4.78 is 0. The second-order valence-corrected chi connectivity index (χ2v) is 6.42. The van der Waals surface area contributed by atoms with E-state index in [-0.39, 0.29) is 5.60 Å². The molecule has 5 rings (SSSR count). The molecule has 19 heavy (non-hydrogen) atoms. The molecule has 4 aliphatic rings. The van der Waals surface area contributed by atoms with Gasteiger partial charge in [-0.15, -0.1) is 12.6 Å². The van der Waals surface area contributed by atoms with Crippen LogP contribution in [-0.4, -0.2) is 35.8 Å². The summed E-state index contributed by atoms with van der Waals surface area (Å²) in [5.41, 5.74) is 2.14. The first kappa shape index (κ1) is 11.8. The van der Waals surface area contributed by atoms with Gasteiger partial charge >= 0.3 is 0 Å². The summed E-state index contributed by atoms with van der Waals surface area (Å²) in [5, 5.41) is 4.40. The van der Waals surface area contributed by atoms with E-state index in [2.05, 4.69) is 28.8 Å². The van der Waals surface area contributed by atoms with E-state index in [9.17, 15) is 0 Å². The number of fused-ring (bicyclic) bond motifs is 2. The average molecular weight is 274 g/mol. The van der Waals surface area contributed by atoms with E-state index in [0.717, 1.165) is 29.1 Å². The summed E-state index contributed by atoms with van der Waals surface area (Å²) in [6.45, 7) is 3.50. The first-order valence-corrected chi connectivity index (χ1v) is 7.47. The lowest BCUT2D eigenvalue weighted by molar-refractivity contribution is -0.136. The Morgan fingerprint density at radius 2 is 2.05 bits per heavy atom. The molecular weight excluding hydrogens is 256 g/mol. The van der Waals surface area contributed by atoms with Crippen LogP contribution in [0.15, 0.2) is 34.3 Å². The van der Waals surface area contributed by atoms with Gasteiger partial charge in [-0.25, -0.2) is 0 Å². The summed E-state index contributed by atoms with van der Waals surface area (Å²) in [5.74, 6) is 0.672. The van der Waals surface area contributed by atoms with Crippen molar-refractivity contribution in [3.63, 3.8) is 0 Å². The van der Waals surface area contributed by atoms with Crippen LogP contribution in [0.4, 0.5) is 0 Å². The van der Waals surface area contributed by atoms with Gasteiger partial charge in [0.15, 0.2) is 5.60 Å². The molecule has 2 bridgehead atoms. The predicted octanol–water partition coefficient (Wildman–Crippen LogP) is 2.56. The molecule has 3 saturated heterocycles. The highest BCUT2D eigenvalue weighted by atomic mass is 32.1. The molecule has 0 aromatic heterocycles. The molecular formula is C15H18N2OS. The summed E-state index contributed by atoms with van der Waals surface area (Å²) in [4.78, 5) is 9.46. The van der Waals surface area contributed by atoms with Crippen LogP contribution >= 0.6 is 12.6 Å². The van der Waals surface area contributed by atoms with Gasteiger partial charge in [0, 0.05) is 29.3 Å². The van der Waals surface area contributed by atoms with E-state index in [1.54, 1.807) is 0 Å². The van der Waals surface area contributed by atoms with Crippen molar-refractivity contribution in [2.24, 2.45) is 11.1 Å². The second-order valence-electron chi connectivity index (χ2n) is 5.94. The molecule has 1 spiro atoms. The first-order chi connectivity index (χ1) is 9.27. The largest absolute Gasteiger partial charge is 0.387 e. The summed E-state index contributed by atoms with van der Waals surface area (Å²) in [6, 6.07) is 8.15. The van der Waals surface area contributed by atoms with Gasteiger partial charge in [0.1, 0.15) is 0 Å². The van der Waals surface area contributed by atoms with Crippen LogP contribution in [0.2, 0.25) is 0 Å². The highest BCUT2D eigenvalue weighted by Crippen LogP contribution is 2.44. The number of rotatable bonds is 1. The normalized spacial score (nSPS) is 36.4. The second kappa shape index (κ2) is 4.25. The van der Waals surface area contributed by atoms with Crippen molar-refractivity contribution in [3.8, 4) is 0 Å². The minimum Gasteiger partial charge on any atom is -0.387 e. The number of hydrogen-bond donors (Lipinski definition) is 1. The zero-order valence-electron chi connectivity index (χ0n) is 10.9. The number of hydrogen-bond acceptors (Lipinski definition) is 4. The van der Waals surface area contributed by atoms with Crippen molar-refractivity contribution < 1.29 is 4.84 Å². The molecule has 0 aliphatic carbocycles. The number of thiol groups is 1. The maximum atomic E-state index is 5.95. The topological polar surface area (TPSA) is 24.8 Å². The number of oxime groups is 1. The van der Waals surface area contributed by atoms with E-state index in [0.29, 0.717) is 5.92 Å². The summed E-state index contributed by atoms with van der Waals surface area (Å²) in [7, 11) is 0. The lowest BCUT2D eigenvalue weighted by atomic mass is 9.72. The average Bonchev–Trinajstić information content (AvgIpc) is 2.84. The first-order valence-electron chi connectivity index (χ1n) is 7.03. The van der Waals surface area contributed by atoms with E-state index >= 15 is 0 Å². The molecule has 4 heterocycles. The van der Waals surface area contributed by atoms with Crippen molar-refractivity contribution in [2.45, 2.75) is 29.8 Å². The molecule has 100 valence electrons. The zero-order valence-corrected chi connectivity index (χ0v) is 11.8. The van der Waals surface area contributed by atoms with Gasteiger partial charge in [-0.1, -0.05) is 23.4 Å². The van der Waals surface area contributed by atoms with Gasteiger partial charge in [0.05, 0.1) is 5.71 Å². The minimum absolute atomic E-state index is 0.0537. The van der Waals surface area contributed by atoms with Gasteiger partial charge in [-0.3, -0.25) is 4.90 Å². The third kappa shape index (κ3) is 1.81. The highest BCUT2D eigenvalue weighted by Gasteiger charge is 2.52. The third-order valence-corrected chi connectivity index (χ3v) is 5.23. The molecule has 3 nitrogen and oxygen atoms in total. The van der Waals surface area contributed by atoms with E-state index < -0.39 is 0 Å². The van der Waals surface area contributed by atoms with E-state index in [1.165, 1.54) is 25.9 Å². The standard InChI is InChI=1S/C15H18N2OS/c19-14-4-2-1-3-12(14)13-9-15(18-16-13)10-17-7-5-11(15)6-8-17/h1-4,11,19H,5-10H2. The smallest absolute Gasteiger partial charge is 0.158 e. The summed E-state index contributed by atoms with van der Waals surface area (Å²) in [6.07, 6.45) is 3.45. The Kier molecular flexibility index (Phi) is 2.64. The monoisotopic (exact) mass is 274 g/mol. The van der Waals surface area contributed by atoms with Crippen molar-refractivity contribution in [1.82, 2.24) is 4.90 Å². The maximum absolute atomic E-state index is 5.95. The molecule has 0 amide bonds. The van der Waals surface area contributed by atoms with Crippen LogP contribution in [0.25, 0.3) is 0 Å². The van der Waals surface area contributed by atoms with Crippen LogP contribution < -0.4 is 0 Å².